The number of amides is 2. The summed E-state index contributed by atoms with van der Waals surface area (Å²) in [6.07, 6.45) is 2.73. The smallest absolute Gasteiger partial charge is 0.265 e. The molecule has 0 atom stereocenters. The number of anilines is 1. The summed E-state index contributed by atoms with van der Waals surface area (Å²) in [6, 6.07) is 13.3. The van der Waals surface area contributed by atoms with Crippen molar-refractivity contribution in [1.29, 1.82) is 0 Å². The van der Waals surface area contributed by atoms with Gasteiger partial charge in [0.05, 0.1) is 22.2 Å². The van der Waals surface area contributed by atoms with E-state index in [-0.39, 0.29) is 18.4 Å². The molecule has 3 rings (SSSR count). The number of carbonyl (C=O) groups is 2. The Bertz CT molecular complexity index is 1020. The van der Waals surface area contributed by atoms with Gasteiger partial charge < -0.3 is 15.0 Å². The average Bonchev–Trinajstić information content (AvgIpc) is 2.82. The molecule has 2 aromatic rings. The summed E-state index contributed by atoms with van der Waals surface area (Å²) >= 11 is 4.92. The molecule has 0 spiro atoms. The first-order valence-electron chi connectivity index (χ1n) is 11.1. The Morgan fingerprint density at radius 1 is 1.21 bits per heavy atom. The fourth-order valence-corrected chi connectivity index (χ4v) is 5.23. The van der Waals surface area contributed by atoms with Gasteiger partial charge in [0.2, 0.25) is 5.91 Å². The highest BCUT2D eigenvalue weighted by atomic mass is 79.9. The number of halogens is 1. The molecule has 33 heavy (non-hydrogen) atoms. The van der Waals surface area contributed by atoms with Gasteiger partial charge in [-0.1, -0.05) is 43.8 Å². The van der Waals surface area contributed by atoms with E-state index >= 15 is 0 Å². The number of nitrogens with one attached hydrogen (secondary N) is 1. The van der Waals surface area contributed by atoms with Crippen molar-refractivity contribution in [3.8, 4) is 5.75 Å². The standard InChI is InChI=1S/C25H30BrN3O3S/c1-4-28(5-2)14-8-13-27-24(30)17-29-20-9-6-7-10-22(20)33-23(25(29)31)16-18-11-12-21(32-3)19(26)15-18/h6-7,9-12,15-16H,4-5,8,13-14,17H2,1-3H3,(H,27,30). The summed E-state index contributed by atoms with van der Waals surface area (Å²) < 4.78 is 6.10. The van der Waals surface area contributed by atoms with Gasteiger partial charge in [-0.15, -0.1) is 0 Å². The normalized spacial score (nSPS) is 14.5. The van der Waals surface area contributed by atoms with Gasteiger partial charge in [-0.05, 0) is 77.9 Å². The van der Waals surface area contributed by atoms with E-state index in [1.165, 1.54) is 11.8 Å². The van der Waals surface area contributed by atoms with Gasteiger partial charge in [-0.3, -0.25) is 14.5 Å². The summed E-state index contributed by atoms with van der Waals surface area (Å²) in [5.74, 6) is 0.393. The molecule has 0 saturated carbocycles. The fraction of sp³-hybridized carbons (Fsp3) is 0.360. The van der Waals surface area contributed by atoms with Gasteiger partial charge in [0.1, 0.15) is 12.3 Å². The number of rotatable bonds is 10. The van der Waals surface area contributed by atoms with Crippen molar-refractivity contribution in [2.75, 3.05) is 44.7 Å². The second-order valence-corrected chi connectivity index (χ2v) is 9.53. The molecular weight excluding hydrogens is 502 g/mol. The number of para-hydroxylation sites is 1. The maximum atomic E-state index is 13.3. The molecule has 0 aromatic heterocycles. The maximum Gasteiger partial charge on any atom is 0.265 e. The van der Waals surface area contributed by atoms with Gasteiger partial charge in [0.15, 0.2) is 0 Å². The van der Waals surface area contributed by atoms with Crippen LogP contribution in [0.2, 0.25) is 0 Å². The predicted octanol–water partition coefficient (Wildman–Crippen LogP) is 4.79. The molecule has 0 saturated heterocycles. The van der Waals surface area contributed by atoms with Crippen LogP contribution in [0.5, 0.6) is 5.75 Å². The number of ether oxygens (including phenoxy) is 1. The third-order valence-corrected chi connectivity index (χ3v) is 7.17. The highest BCUT2D eigenvalue weighted by Gasteiger charge is 2.30. The van der Waals surface area contributed by atoms with Gasteiger partial charge in [-0.2, -0.15) is 0 Å². The van der Waals surface area contributed by atoms with Crippen LogP contribution in [0.1, 0.15) is 25.8 Å². The number of hydrogen-bond donors (Lipinski definition) is 1. The minimum absolute atomic E-state index is 0.00861. The lowest BCUT2D eigenvalue weighted by Gasteiger charge is -2.30. The van der Waals surface area contributed by atoms with E-state index in [1.54, 1.807) is 12.0 Å². The summed E-state index contributed by atoms with van der Waals surface area (Å²) in [5.41, 5.74) is 1.64. The van der Waals surface area contributed by atoms with Crippen molar-refractivity contribution >= 4 is 51.3 Å². The third-order valence-electron chi connectivity index (χ3n) is 5.47. The topological polar surface area (TPSA) is 61.9 Å². The highest BCUT2D eigenvalue weighted by molar-refractivity contribution is 9.10. The van der Waals surface area contributed by atoms with Crippen LogP contribution in [0.15, 0.2) is 56.7 Å². The van der Waals surface area contributed by atoms with Gasteiger partial charge in [0, 0.05) is 11.4 Å². The van der Waals surface area contributed by atoms with Gasteiger partial charge in [0.25, 0.3) is 5.91 Å². The zero-order valence-corrected chi connectivity index (χ0v) is 21.7. The number of methoxy groups -OCH3 is 1. The predicted molar refractivity (Wildman–Crippen MR) is 139 cm³/mol. The Morgan fingerprint density at radius 2 is 1.97 bits per heavy atom. The van der Waals surface area contributed by atoms with E-state index in [2.05, 4.69) is 40.0 Å². The minimum atomic E-state index is -0.177. The molecule has 1 aliphatic rings. The molecule has 2 amide bonds. The summed E-state index contributed by atoms with van der Waals surface area (Å²) in [6.45, 7) is 7.80. The highest BCUT2D eigenvalue weighted by Crippen LogP contribution is 2.42. The van der Waals surface area contributed by atoms with Crippen LogP contribution in [-0.2, 0) is 9.59 Å². The molecule has 2 aromatic carbocycles. The number of carbonyl (C=O) groups excluding carboxylic acids is 2. The van der Waals surface area contributed by atoms with E-state index in [1.807, 2.05) is 48.5 Å². The van der Waals surface area contributed by atoms with Crippen LogP contribution in [0.3, 0.4) is 0 Å². The van der Waals surface area contributed by atoms with Crippen LogP contribution in [0, 0.1) is 0 Å². The fourth-order valence-electron chi connectivity index (χ4n) is 3.61. The molecular formula is C25H30BrN3O3S. The summed E-state index contributed by atoms with van der Waals surface area (Å²) in [4.78, 5) is 31.4. The van der Waals surface area contributed by atoms with E-state index < -0.39 is 0 Å². The molecule has 6 nitrogen and oxygen atoms in total. The van der Waals surface area contributed by atoms with Crippen LogP contribution < -0.4 is 15.0 Å². The summed E-state index contributed by atoms with van der Waals surface area (Å²) in [7, 11) is 1.61. The Hall–Kier alpha value is -2.29. The Labute approximate surface area is 208 Å². The number of nitrogens with zero attached hydrogens (tertiary/aromatic N) is 2. The Balaban J connectivity index is 1.73. The zero-order valence-electron chi connectivity index (χ0n) is 19.3. The van der Waals surface area contributed by atoms with Crippen molar-refractivity contribution in [3.63, 3.8) is 0 Å². The molecule has 0 bridgehead atoms. The van der Waals surface area contributed by atoms with Crippen LogP contribution in [0.25, 0.3) is 6.08 Å². The second-order valence-electron chi connectivity index (χ2n) is 7.59. The number of benzene rings is 2. The molecule has 1 N–H and O–H groups in total. The van der Waals surface area contributed by atoms with E-state index in [0.29, 0.717) is 11.4 Å². The van der Waals surface area contributed by atoms with Crippen molar-refractivity contribution in [2.45, 2.75) is 25.2 Å². The number of fused-ring (bicyclic) bond motifs is 1. The van der Waals surface area contributed by atoms with Crippen molar-refractivity contribution in [2.24, 2.45) is 0 Å². The molecule has 1 aliphatic heterocycles. The molecule has 8 heteroatoms. The lowest BCUT2D eigenvalue weighted by atomic mass is 10.2. The molecule has 0 fully saturated rings. The van der Waals surface area contributed by atoms with Gasteiger partial charge >= 0.3 is 0 Å². The first kappa shape index (κ1) is 25.3. The van der Waals surface area contributed by atoms with E-state index in [9.17, 15) is 9.59 Å². The quantitative estimate of drug-likeness (QED) is 0.353. The molecule has 0 aliphatic carbocycles. The SMILES string of the molecule is CCN(CC)CCCNC(=O)CN1C(=O)C(=Cc2ccc(OC)c(Br)c2)Sc2ccccc21. The monoisotopic (exact) mass is 531 g/mol. The van der Waals surface area contributed by atoms with Gasteiger partial charge in [-0.25, -0.2) is 0 Å². The van der Waals surface area contributed by atoms with Crippen molar-refractivity contribution in [1.82, 2.24) is 10.2 Å². The van der Waals surface area contributed by atoms with Crippen LogP contribution in [0.4, 0.5) is 5.69 Å². The largest absolute Gasteiger partial charge is 0.496 e. The molecule has 0 radical (unpaired) electrons. The molecule has 0 unspecified atom stereocenters. The van der Waals surface area contributed by atoms with Crippen molar-refractivity contribution in [3.05, 3.63) is 57.4 Å². The maximum absolute atomic E-state index is 13.3. The second kappa shape index (κ2) is 12.3. The lowest BCUT2D eigenvalue weighted by Crippen LogP contribution is -2.43. The number of thioether (sulfide) groups is 1. The van der Waals surface area contributed by atoms with Crippen LogP contribution in [-0.4, -0.2) is 56.5 Å². The molecule has 1 heterocycles. The van der Waals surface area contributed by atoms with Crippen molar-refractivity contribution < 1.29 is 14.3 Å². The third kappa shape index (κ3) is 6.62. The van der Waals surface area contributed by atoms with E-state index in [4.69, 9.17) is 4.74 Å². The Morgan fingerprint density at radius 3 is 2.67 bits per heavy atom. The van der Waals surface area contributed by atoms with E-state index in [0.717, 1.165) is 52.4 Å². The average molecular weight is 533 g/mol. The zero-order chi connectivity index (χ0) is 23.8. The lowest BCUT2D eigenvalue weighted by molar-refractivity contribution is -0.122. The first-order valence-corrected chi connectivity index (χ1v) is 12.7. The first-order chi connectivity index (χ1) is 16.0. The minimum Gasteiger partial charge on any atom is -0.496 e. The number of hydrogen-bond acceptors (Lipinski definition) is 5. The van der Waals surface area contributed by atoms with Crippen LogP contribution >= 0.6 is 27.7 Å². The summed E-state index contributed by atoms with van der Waals surface area (Å²) in [5, 5.41) is 2.96. The Kier molecular flexibility index (Phi) is 9.41. The molecule has 176 valence electrons.